The van der Waals surface area contributed by atoms with Crippen molar-refractivity contribution < 1.29 is 9.13 Å². The maximum atomic E-state index is 12.9. The molecule has 0 spiro atoms. The maximum absolute atomic E-state index is 12.9. The highest BCUT2D eigenvalue weighted by Crippen LogP contribution is 2.25. The van der Waals surface area contributed by atoms with Crippen LogP contribution in [0.25, 0.3) is 0 Å². The molecule has 2 heterocycles. The number of piperazine rings is 1. The van der Waals surface area contributed by atoms with Crippen molar-refractivity contribution in [3.8, 4) is 5.75 Å². The third-order valence-electron chi connectivity index (χ3n) is 2.44. The average molecular weight is 241 g/mol. The number of rotatable bonds is 2. The summed E-state index contributed by atoms with van der Waals surface area (Å²) in [6.07, 6.45) is 1.22. The van der Waals surface area contributed by atoms with E-state index in [2.05, 4.69) is 15.2 Å². The lowest BCUT2D eigenvalue weighted by Gasteiger charge is -2.29. The lowest BCUT2D eigenvalue weighted by atomic mass is 10.3. The van der Waals surface area contributed by atoms with Crippen LogP contribution in [0.2, 0.25) is 0 Å². The minimum absolute atomic E-state index is 0.370. The van der Waals surface area contributed by atoms with E-state index in [1.165, 1.54) is 19.4 Å². The van der Waals surface area contributed by atoms with Crippen LogP contribution in [0.5, 0.6) is 5.75 Å². The number of anilines is 1. The van der Waals surface area contributed by atoms with Gasteiger partial charge in [0.15, 0.2) is 11.6 Å². The number of nitrogens with zero attached hydrogens (tertiary/aromatic N) is 2. The molecule has 0 amide bonds. The molecular formula is C12H20FN3O. The molecule has 96 valence electrons. The minimum atomic E-state index is -0.370. The van der Waals surface area contributed by atoms with Crippen molar-refractivity contribution in [2.75, 3.05) is 38.2 Å². The van der Waals surface area contributed by atoms with Gasteiger partial charge < -0.3 is 15.0 Å². The minimum Gasteiger partial charge on any atom is -0.493 e. The van der Waals surface area contributed by atoms with E-state index in [1.54, 1.807) is 0 Å². The Hall–Kier alpha value is -1.36. The first-order chi connectivity index (χ1) is 8.31. The lowest BCUT2D eigenvalue weighted by Crippen LogP contribution is -2.44. The van der Waals surface area contributed by atoms with Crippen LogP contribution < -0.4 is 15.0 Å². The van der Waals surface area contributed by atoms with Gasteiger partial charge in [0.25, 0.3) is 0 Å². The van der Waals surface area contributed by atoms with E-state index in [0.29, 0.717) is 5.75 Å². The van der Waals surface area contributed by atoms with Gasteiger partial charge >= 0.3 is 0 Å². The van der Waals surface area contributed by atoms with Gasteiger partial charge in [-0.05, 0) is 0 Å². The summed E-state index contributed by atoms with van der Waals surface area (Å²) < 4.78 is 18.0. The molecule has 1 aliphatic rings. The van der Waals surface area contributed by atoms with Gasteiger partial charge in [-0.15, -0.1) is 0 Å². The van der Waals surface area contributed by atoms with Crippen molar-refractivity contribution in [2.45, 2.75) is 13.8 Å². The van der Waals surface area contributed by atoms with Gasteiger partial charge in [0.2, 0.25) is 0 Å². The van der Waals surface area contributed by atoms with Crippen molar-refractivity contribution in [1.82, 2.24) is 10.3 Å². The van der Waals surface area contributed by atoms with E-state index in [-0.39, 0.29) is 5.82 Å². The second kappa shape index (κ2) is 7.06. The zero-order valence-electron chi connectivity index (χ0n) is 10.7. The van der Waals surface area contributed by atoms with E-state index < -0.39 is 0 Å². The Morgan fingerprint density at radius 1 is 1.35 bits per heavy atom. The predicted octanol–water partition coefficient (Wildman–Crippen LogP) is 1.67. The van der Waals surface area contributed by atoms with Crippen LogP contribution in [0.1, 0.15) is 13.8 Å². The molecule has 1 aliphatic heterocycles. The zero-order chi connectivity index (χ0) is 12.7. The molecule has 0 radical (unpaired) electrons. The second-order valence-electron chi connectivity index (χ2n) is 3.42. The summed E-state index contributed by atoms with van der Waals surface area (Å²) >= 11 is 0. The molecule has 2 rings (SSSR count). The highest BCUT2D eigenvalue weighted by Gasteiger charge is 2.16. The lowest BCUT2D eigenvalue weighted by molar-refractivity contribution is 0.406. The number of hydrogen-bond acceptors (Lipinski definition) is 4. The van der Waals surface area contributed by atoms with Crippen molar-refractivity contribution in [1.29, 1.82) is 0 Å². The summed E-state index contributed by atoms with van der Waals surface area (Å²) in [6, 6.07) is 1.37. The van der Waals surface area contributed by atoms with Crippen LogP contribution >= 0.6 is 0 Å². The Kier molecular flexibility index (Phi) is 5.69. The molecule has 0 aromatic carbocycles. The smallest absolute Gasteiger partial charge is 0.171 e. The van der Waals surface area contributed by atoms with Crippen molar-refractivity contribution in [2.24, 2.45) is 0 Å². The first-order valence-corrected chi connectivity index (χ1v) is 5.96. The van der Waals surface area contributed by atoms with Crippen LogP contribution in [-0.2, 0) is 0 Å². The van der Waals surface area contributed by atoms with Gasteiger partial charge in [0.1, 0.15) is 5.82 Å². The van der Waals surface area contributed by atoms with E-state index in [9.17, 15) is 4.39 Å². The highest BCUT2D eigenvalue weighted by atomic mass is 19.1. The monoisotopic (exact) mass is 241 g/mol. The Morgan fingerprint density at radius 3 is 2.59 bits per heavy atom. The molecule has 0 bridgehead atoms. The van der Waals surface area contributed by atoms with E-state index in [1.807, 2.05) is 13.8 Å². The molecule has 1 aromatic rings. The molecule has 0 atom stereocenters. The molecule has 0 unspecified atom stereocenters. The van der Waals surface area contributed by atoms with Crippen LogP contribution in [0, 0.1) is 5.82 Å². The predicted molar refractivity (Wildman–Crippen MR) is 67.2 cm³/mol. The third kappa shape index (κ3) is 3.56. The Bertz CT molecular complexity index is 341. The third-order valence-corrected chi connectivity index (χ3v) is 2.44. The molecule has 0 saturated carbocycles. The number of methoxy groups -OCH3 is 1. The SMILES string of the molecule is CC.COc1cc(F)cnc1N1CCNCC1. The number of aromatic nitrogens is 1. The normalized spacial score (nSPS) is 14.9. The fourth-order valence-electron chi connectivity index (χ4n) is 1.68. The number of nitrogens with one attached hydrogen (secondary N) is 1. The molecule has 1 N–H and O–H groups in total. The molecule has 1 aromatic heterocycles. The second-order valence-corrected chi connectivity index (χ2v) is 3.42. The van der Waals surface area contributed by atoms with Crippen LogP contribution in [-0.4, -0.2) is 38.3 Å². The van der Waals surface area contributed by atoms with Gasteiger partial charge in [-0.25, -0.2) is 9.37 Å². The Balaban J connectivity index is 0.000000686. The van der Waals surface area contributed by atoms with E-state index in [4.69, 9.17) is 4.74 Å². The van der Waals surface area contributed by atoms with Crippen molar-refractivity contribution in [3.05, 3.63) is 18.1 Å². The topological polar surface area (TPSA) is 37.4 Å². The van der Waals surface area contributed by atoms with Gasteiger partial charge in [0.05, 0.1) is 13.3 Å². The zero-order valence-corrected chi connectivity index (χ0v) is 10.7. The molecule has 0 aliphatic carbocycles. The van der Waals surface area contributed by atoms with Crippen molar-refractivity contribution in [3.63, 3.8) is 0 Å². The number of hydrogen-bond donors (Lipinski definition) is 1. The van der Waals surface area contributed by atoms with Crippen LogP contribution in [0.3, 0.4) is 0 Å². The molecule has 5 heteroatoms. The van der Waals surface area contributed by atoms with Gasteiger partial charge in [-0.1, -0.05) is 13.8 Å². The molecule has 4 nitrogen and oxygen atoms in total. The summed E-state index contributed by atoms with van der Waals surface area (Å²) in [6.45, 7) is 7.58. The summed E-state index contributed by atoms with van der Waals surface area (Å²) in [5.41, 5.74) is 0. The molecule has 1 saturated heterocycles. The Morgan fingerprint density at radius 2 is 2.00 bits per heavy atom. The van der Waals surface area contributed by atoms with Crippen molar-refractivity contribution >= 4 is 5.82 Å². The van der Waals surface area contributed by atoms with Gasteiger partial charge in [-0.2, -0.15) is 0 Å². The number of ether oxygens (including phenoxy) is 1. The Labute approximate surface area is 102 Å². The molecule has 1 fully saturated rings. The summed E-state index contributed by atoms with van der Waals surface area (Å²) in [4.78, 5) is 6.16. The van der Waals surface area contributed by atoms with Crippen LogP contribution in [0.15, 0.2) is 12.3 Å². The number of halogens is 1. The average Bonchev–Trinajstić information content (AvgIpc) is 2.42. The largest absolute Gasteiger partial charge is 0.493 e. The summed E-state index contributed by atoms with van der Waals surface area (Å²) in [7, 11) is 1.53. The first kappa shape index (κ1) is 13.7. The van der Waals surface area contributed by atoms with E-state index >= 15 is 0 Å². The molecule has 17 heavy (non-hydrogen) atoms. The fraction of sp³-hybridized carbons (Fsp3) is 0.583. The maximum Gasteiger partial charge on any atom is 0.171 e. The van der Waals surface area contributed by atoms with Gasteiger partial charge in [0, 0.05) is 32.2 Å². The molecular weight excluding hydrogens is 221 g/mol. The van der Waals surface area contributed by atoms with E-state index in [0.717, 1.165) is 32.0 Å². The summed E-state index contributed by atoms with van der Waals surface area (Å²) in [5.74, 6) is 0.850. The number of pyridine rings is 1. The standard InChI is InChI=1S/C10H14FN3O.C2H6/c1-15-9-6-8(11)7-13-10(9)14-4-2-12-3-5-14;1-2/h6-7,12H,2-5H2,1H3;1-2H3. The summed E-state index contributed by atoms with van der Waals surface area (Å²) in [5, 5.41) is 3.25. The quantitative estimate of drug-likeness (QED) is 0.854. The highest BCUT2D eigenvalue weighted by molar-refractivity contribution is 5.52. The van der Waals surface area contributed by atoms with Crippen LogP contribution in [0.4, 0.5) is 10.2 Å². The fourth-order valence-corrected chi connectivity index (χ4v) is 1.68. The van der Waals surface area contributed by atoms with Gasteiger partial charge in [-0.3, -0.25) is 0 Å². The first-order valence-electron chi connectivity index (χ1n) is 5.96.